The van der Waals surface area contributed by atoms with Crippen LogP contribution in [0.5, 0.6) is 0 Å². The van der Waals surface area contributed by atoms with Crippen LogP contribution < -0.4 is 5.73 Å². The van der Waals surface area contributed by atoms with Gasteiger partial charge in [-0.25, -0.2) is 4.98 Å². The first-order valence-corrected chi connectivity index (χ1v) is 6.65. The van der Waals surface area contributed by atoms with E-state index in [0.29, 0.717) is 6.04 Å². The second kappa shape index (κ2) is 3.85. The van der Waals surface area contributed by atoms with E-state index < -0.39 is 0 Å². The second-order valence-electron chi connectivity index (χ2n) is 5.14. The van der Waals surface area contributed by atoms with Crippen molar-refractivity contribution in [3.05, 3.63) is 48.8 Å². The maximum atomic E-state index is 6.27. The lowest BCUT2D eigenvalue weighted by Crippen LogP contribution is -1.99. The normalized spacial score (nSPS) is 14.9. The molecule has 3 nitrogen and oxygen atoms in total. The SMILES string of the molecule is Nc1c(-c2cccc3ccccc23)ncn1C1CC1. The van der Waals surface area contributed by atoms with Crippen molar-refractivity contribution in [3.63, 3.8) is 0 Å². The molecular weight excluding hydrogens is 234 g/mol. The number of benzene rings is 2. The summed E-state index contributed by atoms with van der Waals surface area (Å²) in [5, 5.41) is 2.43. The van der Waals surface area contributed by atoms with Gasteiger partial charge in [-0.2, -0.15) is 0 Å². The molecule has 1 heterocycles. The molecule has 0 spiro atoms. The number of hydrogen-bond donors (Lipinski definition) is 1. The van der Waals surface area contributed by atoms with Gasteiger partial charge in [-0.1, -0.05) is 42.5 Å². The van der Waals surface area contributed by atoms with Crippen LogP contribution in [-0.2, 0) is 0 Å². The Bertz CT molecular complexity index is 748. The standard InChI is InChI=1S/C16H15N3/c17-16-15(18-10-19(16)12-8-9-12)14-7-3-5-11-4-1-2-6-13(11)14/h1-7,10,12H,8-9,17H2. The second-order valence-corrected chi connectivity index (χ2v) is 5.14. The molecule has 2 aromatic carbocycles. The van der Waals surface area contributed by atoms with Gasteiger partial charge in [-0.05, 0) is 23.6 Å². The van der Waals surface area contributed by atoms with Crippen LogP contribution in [0.15, 0.2) is 48.8 Å². The molecule has 94 valence electrons. The van der Waals surface area contributed by atoms with Gasteiger partial charge in [0.25, 0.3) is 0 Å². The highest BCUT2D eigenvalue weighted by Crippen LogP contribution is 2.40. The fraction of sp³-hybridized carbons (Fsp3) is 0.188. The first-order chi connectivity index (χ1) is 9.34. The van der Waals surface area contributed by atoms with Crippen LogP contribution in [0.25, 0.3) is 22.0 Å². The fourth-order valence-corrected chi connectivity index (χ4v) is 2.65. The van der Waals surface area contributed by atoms with Crippen molar-refractivity contribution in [1.29, 1.82) is 0 Å². The van der Waals surface area contributed by atoms with E-state index in [-0.39, 0.29) is 0 Å². The zero-order valence-corrected chi connectivity index (χ0v) is 10.6. The minimum Gasteiger partial charge on any atom is -0.383 e. The largest absolute Gasteiger partial charge is 0.383 e. The third-order valence-electron chi connectivity index (χ3n) is 3.82. The highest BCUT2D eigenvalue weighted by atomic mass is 15.2. The van der Waals surface area contributed by atoms with E-state index in [4.69, 9.17) is 5.73 Å². The number of aromatic nitrogens is 2. The smallest absolute Gasteiger partial charge is 0.131 e. The van der Waals surface area contributed by atoms with Crippen LogP contribution in [0.1, 0.15) is 18.9 Å². The van der Waals surface area contributed by atoms with Gasteiger partial charge >= 0.3 is 0 Å². The highest BCUT2D eigenvalue weighted by molar-refractivity contribution is 5.97. The molecule has 1 fully saturated rings. The van der Waals surface area contributed by atoms with Crippen molar-refractivity contribution in [1.82, 2.24) is 9.55 Å². The third-order valence-corrected chi connectivity index (χ3v) is 3.82. The summed E-state index contributed by atoms with van der Waals surface area (Å²) in [7, 11) is 0. The Balaban J connectivity index is 1.94. The molecule has 0 aliphatic heterocycles. The number of nitrogen functional groups attached to an aromatic ring is 1. The van der Waals surface area contributed by atoms with Crippen LogP contribution in [0, 0.1) is 0 Å². The Kier molecular flexibility index (Phi) is 2.15. The molecule has 3 aromatic rings. The molecule has 1 aliphatic rings. The van der Waals surface area contributed by atoms with Crippen molar-refractivity contribution in [2.75, 3.05) is 5.73 Å². The monoisotopic (exact) mass is 249 g/mol. The van der Waals surface area contributed by atoms with Crippen molar-refractivity contribution in [3.8, 4) is 11.3 Å². The van der Waals surface area contributed by atoms with Crippen LogP contribution in [-0.4, -0.2) is 9.55 Å². The number of fused-ring (bicyclic) bond motifs is 1. The summed E-state index contributed by atoms with van der Waals surface area (Å²) in [6.07, 6.45) is 4.31. The average Bonchev–Trinajstić information content (AvgIpc) is 3.22. The summed E-state index contributed by atoms with van der Waals surface area (Å²) in [5.41, 5.74) is 8.29. The minimum atomic E-state index is 0.566. The Morgan fingerprint density at radius 1 is 1.05 bits per heavy atom. The summed E-state index contributed by atoms with van der Waals surface area (Å²) in [6, 6.07) is 15.2. The molecule has 0 saturated heterocycles. The first-order valence-electron chi connectivity index (χ1n) is 6.65. The van der Waals surface area contributed by atoms with Gasteiger partial charge in [0.15, 0.2) is 0 Å². The molecule has 4 rings (SSSR count). The molecule has 0 radical (unpaired) electrons. The van der Waals surface area contributed by atoms with Crippen molar-refractivity contribution >= 4 is 16.6 Å². The lowest BCUT2D eigenvalue weighted by atomic mass is 10.0. The minimum absolute atomic E-state index is 0.566. The molecule has 1 aliphatic carbocycles. The van der Waals surface area contributed by atoms with Gasteiger partial charge in [0, 0.05) is 11.6 Å². The van der Waals surface area contributed by atoms with Crippen LogP contribution >= 0.6 is 0 Å². The van der Waals surface area contributed by atoms with Gasteiger partial charge in [-0.3, -0.25) is 0 Å². The summed E-state index contributed by atoms with van der Waals surface area (Å²) < 4.78 is 2.11. The van der Waals surface area contributed by atoms with Gasteiger partial charge in [0.2, 0.25) is 0 Å². The number of anilines is 1. The van der Waals surface area contributed by atoms with Crippen molar-refractivity contribution in [2.45, 2.75) is 18.9 Å². The lowest BCUT2D eigenvalue weighted by molar-refractivity contribution is 0.751. The van der Waals surface area contributed by atoms with E-state index in [1.807, 2.05) is 6.33 Å². The molecular formula is C16H15N3. The van der Waals surface area contributed by atoms with Gasteiger partial charge in [0.05, 0.1) is 6.33 Å². The zero-order valence-electron chi connectivity index (χ0n) is 10.6. The van der Waals surface area contributed by atoms with Crippen molar-refractivity contribution < 1.29 is 0 Å². The molecule has 19 heavy (non-hydrogen) atoms. The Labute approximate surface area is 111 Å². The molecule has 1 saturated carbocycles. The average molecular weight is 249 g/mol. The van der Waals surface area contributed by atoms with E-state index in [2.05, 4.69) is 52.0 Å². The molecule has 3 heteroatoms. The number of hydrogen-bond acceptors (Lipinski definition) is 2. The highest BCUT2D eigenvalue weighted by Gasteiger charge is 2.26. The molecule has 0 bridgehead atoms. The number of imidazole rings is 1. The van der Waals surface area contributed by atoms with Gasteiger partial charge in [-0.15, -0.1) is 0 Å². The number of rotatable bonds is 2. The fourth-order valence-electron chi connectivity index (χ4n) is 2.65. The Morgan fingerprint density at radius 2 is 1.84 bits per heavy atom. The molecule has 0 atom stereocenters. The van der Waals surface area contributed by atoms with Crippen molar-refractivity contribution in [2.24, 2.45) is 0 Å². The van der Waals surface area contributed by atoms with E-state index in [9.17, 15) is 0 Å². The Hall–Kier alpha value is -2.29. The third kappa shape index (κ3) is 1.62. The molecule has 1 aromatic heterocycles. The summed E-state index contributed by atoms with van der Waals surface area (Å²) >= 11 is 0. The van der Waals surface area contributed by atoms with E-state index in [0.717, 1.165) is 17.1 Å². The molecule has 0 unspecified atom stereocenters. The summed E-state index contributed by atoms with van der Waals surface area (Å²) in [4.78, 5) is 4.54. The first kappa shape index (κ1) is 10.6. The predicted octanol–water partition coefficient (Wildman–Crippen LogP) is 3.62. The zero-order chi connectivity index (χ0) is 12.8. The van der Waals surface area contributed by atoms with E-state index >= 15 is 0 Å². The van der Waals surface area contributed by atoms with Crippen LogP contribution in [0.2, 0.25) is 0 Å². The topological polar surface area (TPSA) is 43.8 Å². The van der Waals surface area contributed by atoms with E-state index in [1.165, 1.54) is 23.6 Å². The number of nitrogens with zero attached hydrogens (tertiary/aromatic N) is 2. The quantitative estimate of drug-likeness (QED) is 0.753. The maximum absolute atomic E-state index is 6.27. The lowest BCUT2D eigenvalue weighted by Gasteiger charge is -2.06. The van der Waals surface area contributed by atoms with Gasteiger partial charge in [0.1, 0.15) is 11.5 Å². The summed E-state index contributed by atoms with van der Waals surface area (Å²) in [5.74, 6) is 0.791. The maximum Gasteiger partial charge on any atom is 0.131 e. The van der Waals surface area contributed by atoms with Crippen LogP contribution in [0.3, 0.4) is 0 Å². The Morgan fingerprint density at radius 3 is 2.68 bits per heavy atom. The molecule has 2 N–H and O–H groups in total. The van der Waals surface area contributed by atoms with Crippen LogP contribution in [0.4, 0.5) is 5.82 Å². The number of nitrogens with two attached hydrogens (primary N) is 1. The van der Waals surface area contributed by atoms with E-state index in [1.54, 1.807) is 0 Å². The predicted molar refractivity (Wildman–Crippen MR) is 77.9 cm³/mol. The molecule has 0 amide bonds. The van der Waals surface area contributed by atoms with Gasteiger partial charge < -0.3 is 10.3 Å². The summed E-state index contributed by atoms with van der Waals surface area (Å²) in [6.45, 7) is 0.